The minimum atomic E-state index is -0.599. The van der Waals surface area contributed by atoms with Crippen molar-refractivity contribution in [1.82, 2.24) is 9.55 Å². The number of nitrogens with zero attached hydrogens (tertiary/aromatic N) is 4. The van der Waals surface area contributed by atoms with Crippen LogP contribution in [-0.4, -0.2) is 19.4 Å². The first-order valence-corrected chi connectivity index (χ1v) is 6.83. The predicted molar refractivity (Wildman–Crippen MR) is 84.9 cm³/mol. The molecular formula is C15H10N4O5. The Morgan fingerprint density at radius 3 is 2.50 bits per heavy atom. The third-order valence-electron chi connectivity index (χ3n) is 3.55. The first-order valence-electron chi connectivity index (χ1n) is 6.83. The van der Waals surface area contributed by atoms with Crippen LogP contribution in [0, 0.1) is 20.2 Å². The van der Waals surface area contributed by atoms with E-state index in [0.29, 0.717) is 11.1 Å². The van der Waals surface area contributed by atoms with Crippen LogP contribution in [0.1, 0.15) is 5.56 Å². The Hall–Kier alpha value is -3.62. The monoisotopic (exact) mass is 326 g/mol. The van der Waals surface area contributed by atoms with Crippen molar-refractivity contribution in [1.29, 1.82) is 0 Å². The lowest BCUT2D eigenvalue weighted by Gasteiger charge is -2.07. The van der Waals surface area contributed by atoms with Gasteiger partial charge >= 0.3 is 0 Å². The number of hydrogen-bond donors (Lipinski definition) is 0. The van der Waals surface area contributed by atoms with Gasteiger partial charge in [-0.25, -0.2) is 4.98 Å². The maximum absolute atomic E-state index is 12.5. The minimum Gasteiger partial charge on any atom is -0.294 e. The number of rotatable bonds is 4. The lowest BCUT2D eigenvalue weighted by Crippen LogP contribution is -2.21. The molecule has 9 heteroatoms. The van der Waals surface area contributed by atoms with E-state index in [4.69, 9.17) is 0 Å². The number of non-ortho nitro benzene ring substituents is 1. The highest BCUT2D eigenvalue weighted by molar-refractivity contribution is 5.79. The van der Waals surface area contributed by atoms with Gasteiger partial charge in [0.25, 0.3) is 16.9 Å². The van der Waals surface area contributed by atoms with Crippen LogP contribution in [0.15, 0.2) is 53.6 Å². The Bertz CT molecular complexity index is 1030. The van der Waals surface area contributed by atoms with E-state index in [0.717, 1.165) is 6.07 Å². The number of hydrogen-bond acceptors (Lipinski definition) is 6. The van der Waals surface area contributed by atoms with Crippen molar-refractivity contribution in [2.24, 2.45) is 0 Å². The number of nitro benzene ring substituents is 2. The van der Waals surface area contributed by atoms with Crippen LogP contribution in [-0.2, 0) is 6.54 Å². The fourth-order valence-electron chi connectivity index (χ4n) is 2.38. The van der Waals surface area contributed by atoms with Gasteiger partial charge in [-0.1, -0.05) is 18.2 Å². The summed E-state index contributed by atoms with van der Waals surface area (Å²) in [6, 6.07) is 9.87. The average Bonchev–Trinajstić information content (AvgIpc) is 2.57. The molecule has 0 bridgehead atoms. The van der Waals surface area contributed by atoms with E-state index >= 15 is 0 Å². The second-order valence-electron chi connectivity index (χ2n) is 5.02. The number of fused-ring (bicyclic) bond motifs is 1. The zero-order chi connectivity index (χ0) is 17.3. The lowest BCUT2D eigenvalue weighted by atomic mass is 10.1. The molecule has 1 aromatic heterocycles. The maximum Gasteiger partial charge on any atom is 0.274 e. The first kappa shape index (κ1) is 15.3. The molecule has 0 spiro atoms. The molecule has 0 saturated heterocycles. The SMILES string of the molecule is O=c1c2cc([N+](=O)[O-])ccc2ncn1Cc1ccccc1[N+](=O)[O-]. The van der Waals surface area contributed by atoms with E-state index in [9.17, 15) is 25.0 Å². The molecule has 24 heavy (non-hydrogen) atoms. The van der Waals surface area contributed by atoms with E-state index in [1.165, 1.54) is 35.2 Å². The standard InChI is InChI=1S/C15H10N4O5/c20-15-12-7-11(18(21)22)5-6-13(12)16-9-17(15)8-10-3-1-2-4-14(10)19(23)24/h1-7,9H,8H2. The molecule has 0 aliphatic heterocycles. The minimum absolute atomic E-state index is 0.0539. The number of aromatic nitrogens is 2. The van der Waals surface area contributed by atoms with Crippen molar-refractivity contribution >= 4 is 22.3 Å². The molecular weight excluding hydrogens is 316 g/mol. The number of nitro groups is 2. The lowest BCUT2D eigenvalue weighted by molar-refractivity contribution is -0.385. The molecule has 0 amide bonds. The normalized spacial score (nSPS) is 10.7. The summed E-state index contributed by atoms with van der Waals surface area (Å²) in [5.74, 6) is 0. The Morgan fingerprint density at radius 2 is 1.79 bits per heavy atom. The van der Waals surface area contributed by atoms with Gasteiger partial charge < -0.3 is 0 Å². The van der Waals surface area contributed by atoms with Gasteiger partial charge in [-0.05, 0) is 6.07 Å². The highest BCUT2D eigenvalue weighted by Crippen LogP contribution is 2.19. The van der Waals surface area contributed by atoms with Crippen molar-refractivity contribution < 1.29 is 9.85 Å². The average molecular weight is 326 g/mol. The summed E-state index contributed by atoms with van der Waals surface area (Å²) in [6.45, 7) is -0.0539. The van der Waals surface area contributed by atoms with E-state index in [1.54, 1.807) is 12.1 Å². The Kier molecular flexibility index (Phi) is 3.74. The van der Waals surface area contributed by atoms with Crippen LogP contribution in [0.3, 0.4) is 0 Å². The quantitative estimate of drug-likeness (QED) is 0.535. The van der Waals surface area contributed by atoms with Gasteiger partial charge in [0.05, 0.1) is 33.6 Å². The van der Waals surface area contributed by atoms with Crippen LogP contribution in [0.4, 0.5) is 11.4 Å². The molecule has 0 radical (unpaired) electrons. The van der Waals surface area contributed by atoms with Crippen molar-refractivity contribution in [3.8, 4) is 0 Å². The van der Waals surface area contributed by atoms with Crippen LogP contribution in [0.5, 0.6) is 0 Å². The van der Waals surface area contributed by atoms with Gasteiger partial charge in [0.1, 0.15) is 0 Å². The van der Waals surface area contributed by atoms with Crippen molar-refractivity contribution in [3.05, 3.63) is 84.9 Å². The third-order valence-corrected chi connectivity index (χ3v) is 3.55. The molecule has 0 N–H and O–H groups in total. The fraction of sp³-hybridized carbons (Fsp3) is 0.0667. The summed E-state index contributed by atoms with van der Waals surface area (Å²) in [6.07, 6.45) is 1.27. The van der Waals surface area contributed by atoms with Gasteiger partial charge in [0, 0.05) is 23.8 Å². The Morgan fingerprint density at radius 1 is 1.04 bits per heavy atom. The van der Waals surface area contributed by atoms with Gasteiger partial charge in [0.15, 0.2) is 0 Å². The molecule has 1 heterocycles. The summed E-state index contributed by atoms with van der Waals surface area (Å²) >= 11 is 0. The molecule has 0 aliphatic carbocycles. The largest absolute Gasteiger partial charge is 0.294 e. The summed E-state index contributed by atoms with van der Waals surface area (Å²) < 4.78 is 1.19. The first-order chi connectivity index (χ1) is 11.5. The smallest absolute Gasteiger partial charge is 0.274 e. The summed E-state index contributed by atoms with van der Waals surface area (Å²) in [5.41, 5.74) is -0.157. The molecule has 3 aromatic rings. The van der Waals surface area contributed by atoms with E-state index in [2.05, 4.69) is 4.98 Å². The number of benzene rings is 2. The Balaban J connectivity index is 2.11. The Labute approximate surface area is 134 Å². The predicted octanol–water partition coefficient (Wildman–Crippen LogP) is 2.26. The maximum atomic E-state index is 12.5. The molecule has 2 aromatic carbocycles. The molecule has 3 rings (SSSR count). The topological polar surface area (TPSA) is 121 Å². The highest BCUT2D eigenvalue weighted by Gasteiger charge is 2.15. The molecule has 9 nitrogen and oxygen atoms in total. The molecule has 0 unspecified atom stereocenters. The molecule has 0 atom stereocenters. The second-order valence-corrected chi connectivity index (χ2v) is 5.02. The van der Waals surface area contributed by atoms with E-state index in [1.807, 2.05) is 0 Å². The van der Waals surface area contributed by atoms with Gasteiger partial charge in [-0.2, -0.15) is 0 Å². The van der Waals surface area contributed by atoms with Crippen LogP contribution < -0.4 is 5.56 Å². The zero-order valence-corrected chi connectivity index (χ0v) is 12.2. The molecule has 0 aliphatic rings. The van der Waals surface area contributed by atoms with Crippen LogP contribution in [0.25, 0.3) is 10.9 Å². The fourth-order valence-corrected chi connectivity index (χ4v) is 2.38. The molecule has 0 saturated carbocycles. The molecule has 0 fully saturated rings. The summed E-state index contributed by atoms with van der Waals surface area (Å²) in [5, 5.41) is 22.0. The van der Waals surface area contributed by atoms with Crippen LogP contribution in [0.2, 0.25) is 0 Å². The zero-order valence-electron chi connectivity index (χ0n) is 12.2. The van der Waals surface area contributed by atoms with Crippen LogP contribution >= 0.6 is 0 Å². The third kappa shape index (κ3) is 2.70. The van der Waals surface area contributed by atoms with Gasteiger partial charge in [-0.15, -0.1) is 0 Å². The van der Waals surface area contributed by atoms with Crippen molar-refractivity contribution in [2.45, 2.75) is 6.54 Å². The molecule has 120 valence electrons. The van der Waals surface area contributed by atoms with Gasteiger partial charge in [-0.3, -0.25) is 29.6 Å². The summed E-state index contributed by atoms with van der Waals surface area (Å²) in [4.78, 5) is 37.4. The highest BCUT2D eigenvalue weighted by atomic mass is 16.6. The van der Waals surface area contributed by atoms with Crippen molar-refractivity contribution in [2.75, 3.05) is 0 Å². The van der Waals surface area contributed by atoms with E-state index < -0.39 is 15.4 Å². The summed E-state index contributed by atoms with van der Waals surface area (Å²) in [7, 11) is 0. The van der Waals surface area contributed by atoms with E-state index in [-0.39, 0.29) is 23.3 Å². The van der Waals surface area contributed by atoms with Gasteiger partial charge in [0.2, 0.25) is 0 Å². The second kappa shape index (κ2) is 5.88. The number of para-hydroxylation sites is 1. The van der Waals surface area contributed by atoms with Crippen molar-refractivity contribution in [3.63, 3.8) is 0 Å².